The van der Waals surface area contributed by atoms with Crippen molar-refractivity contribution in [3.63, 3.8) is 0 Å². The van der Waals surface area contributed by atoms with Gasteiger partial charge in [-0.05, 0) is 6.07 Å². The van der Waals surface area contributed by atoms with Gasteiger partial charge in [0.05, 0.1) is 13.0 Å². The van der Waals surface area contributed by atoms with E-state index in [9.17, 15) is 13.2 Å². The van der Waals surface area contributed by atoms with Crippen LogP contribution in [0.2, 0.25) is 0 Å². The van der Waals surface area contributed by atoms with Crippen LogP contribution in [0.15, 0.2) is 23.6 Å². The largest absolute Gasteiger partial charge is 0.481 e. The zero-order valence-corrected chi connectivity index (χ0v) is 8.35. The summed E-state index contributed by atoms with van der Waals surface area (Å²) in [6.45, 7) is -0.435. The molecule has 7 nitrogen and oxygen atoms in total. The normalized spacial score (nSPS) is 11.2. The lowest BCUT2D eigenvalue weighted by Gasteiger charge is -2.01. The molecule has 0 spiro atoms. The van der Waals surface area contributed by atoms with E-state index in [1.807, 2.05) is 0 Å². The van der Waals surface area contributed by atoms with Gasteiger partial charge in [-0.2, -0.15) is 8.42 Å². The topological polar surface area (TPSA) is 106 Å². The van der Waals surface area contributed by atoms with Gasteiger partial charge in [0.15, 0.2) is 0 Å². The Bertz CT molecular complexity index is 430. The summed E-state index contributed by atoms with van der Waals surface area (Å²) < 4.78 is 26.9. The molecule has 0 aromatic carbocycles. The van der Waals surface area contributed by atoms with Crippen molar-refractivity contribution in [2.45, 2.75) is 11.6 Å². The minimum absolute atomic E-state index is 0.397. The number of hydrogen-bond acceptors (Lipinski definition) is 6. The maximum Gasteiger partial charge on any atom is 0.333 e. The first kappa shape index (κ1) is 11.5. The van der Waals surface area contributed by atoms with Crippen molar-refractivity contribution in [2.75, 3.05) is 6.61 Å². The molecule has 0 aliphatic carbocycles. The molecule has 1 aromatic rings. The van der Waals surface area contributed by atoms with Crippen molar-refractivity contribution in [2.24, 2.45) is 0 Å². The highest BCUT2D eigenvalue weighted by Crippen LogP contribution is 2.04. The Morgan fingerprint density at radius 3 is 2.53 bits per heavy atom. The molecule has 1 N–H and O–H groups in total. The van der Waals surface area contributed by atoms with Gasteiger partial charge in [0.1, 0.15) is 0 Å². The Hall–Kier alpha value is -1.54. The predicted octanol–water partition coefficient (Wildman–Crippen LogP) is -0.343. The van der Waals surface area contributed by atoms with E-state index in [0.717, 1.165) is 0 Å². The number of rotatable bonds is 5. The SMILES string of the molecule is O=C(O)CCOS(=O)(=O)c1ncccn1. The maximum absolute atomic E-state index is 11.3. The van der Waals surface area contributed by atoms with Crippen molar-refractivity contribution >= 4 is 16.1 Å². The number of aliphatic carboxylic acids is 1. The van der Waals surface area contributed by atoms with E-state index in [1.54, 1.807) is 0 Å². The second kappa shape index (κ2) is 4.80. The zero-order chi connectivity index (χ0) is 11.3. The highest BCUT2D eigenvalue weighted by molar-refractivity contribution is 7.86. The third-order valence-electron chi connectivity index (χ3n) is 1.32. The molecular weight excluding hydrogens is 224 g/mol. The molecule has 0 atom stereocenters. The lowest BCUT2D eigenvalue weighted by Crippen LogP contribution is -2.12. The minimum atomic E-state index is -4.04. The quantitative estimate of drug-likeness (QED) is 0.546. The van der Waals surface area contributed by atoms with Crippen LogP contribution in [0.1, 0.15) is 6.42 Å². The number of carboxylic acids is 1. The second-order valence-electron chi connectivity index (χ2n) is 2.45. The van der Waals surface area contributed by atoms with Gasteiger partial charge in [-0.25, -0.2) is 9.97 Å². The van der Waals surface area contributed by atoms with E-state index in [2.05, 4.69) is 14.2 Å². The van der Waals surface area contributed by atoms with Crippen LogP contribution in [0, 0.1) is 0 Å². The van der Waals surface area contributed by atoms with Gasteiger partial charge in [-0.1, -0.05) is 0 Å². The van der Waals surface area contributed by atoms with Gasteiger partial charge in [0, 0.05) is 12.4 Å². The average molecular weight is 232 g/mol. The average Bonchev–Trinajstić information content (AvgIpc) is 2.18. The fourth-order valence-electron chi connectivity index (χ4n) is 0.706. The summed E-state index contributed by atoms with van der Waals surface area (Å²) in [5.41, 5.74) is 0. The van der Waals surface area contributed by atoms with Crippen LogP contribution in [-0.4, -0.2) is 36.1 Å². The van der Waals surface area contributed by atoms with Crippen LogP contribution in [0.25, 0.3) is 0 Å². The van der Waals surface area contributed by atoms with Crippen LogP contribution >= 0.6 is 0 Å². The zero-order valence-electron chi connectivity index (χ0n) is 7.53. The Morgan fingerprint density at radius 1 is 1.40 bits per heavy atom. The molecule has 0 radical (unpaired) electrons. The Balaban J connectivity index is 2.65. The van der Waals surface area contributed by atoms with Crippen molar-refractivity contribution in [3.8, 4) is 0 Å². The summed E-state index contributed by atoms with van der Waals surface area (Å²) in [5, 5.41) is 7.80. The van der Waals surface area contributed by atoms with Crippen molar-refractivity contribution < 1.29 is 22.5 Å². The van der Waals surface area contributed by atoms with Gasteiger partial charge in [0.25, 0.3) is 5.16 Å². The van der Waals surface area contributed by atoms with Gasteiger partial charge in [0.2, 0.25) is 0 Å². The fourth-order valence-corrected chi connectivity index (χ4v) is 1.49. The van der Waals surface area contributed by atoms with Crippen LogP contribution in [0.5, 0.6) is 0 Å². The maximum atomic E-state index is 11.3. The molecule has 0 aliphatic rings. The van der Waals surface area contributed by atoms with Crippen LogP contribution in [-0.2, 0) is 19.1 Å². The summed E-state index contributed by atoms with van der Waals surface area (Å²) >= 11 is 0. The van der Waals surface area contributed by atoms with E-state index in [4.69, 9.17) is 5.11 Å². The van der Waals surface area contributed by atoms with Gasteiger partial charge < -0.3 is 5.11 Å². The number of carbonyl (C=O) groups is 1. The van der Waals surface area contributed by atoms with E-state index in [1.165, 1.54) is 18.5 Å². The van der Waals surface area contributed by atoms with Crippen LogP contribution in [0.4, 0.5) is 0 Å². The standard InChI is InChI=1S/C7H8N2O5S/c10-6(11)2-5-14-15(12,13)7-8-3-1-4-9-7/h1,3-4H,2,5H2,(H,10,11). The van der Waals surface area contributed by atoms with E-state index < -0.39 is 34.3 Å². The van der Waals surface area contributed by atoms with Crippen LogP contribution < -0.4 is 0 Å². The third kappa shape index (κ3) is 3.60. The van der Waals surface area contributed by atoms with Crippen molar-refractivity contribution in [1.29, 1.82) is 0 Å². The Morgan fingerprint density at radius 2 is 2.00 bits per heavy atom. The van der Waals surface area contributed by atoms with E-state index in [0.29, 0.717) is 0 Å². The first-order chi connectivity index (χ1) is 7.02. The molecule has 0 saturated carbocycles. The Kier molecular flexibility index (Phi) is 3.69. The second-order valence-corrected chi connectivity index (χ2v) is 3.96. The first-order valence-corrected chi connectivity index (χ1v) is 5.31. The number of nitrogens with zero attached hydrogens (tertiary/aromatic N) is 2. The van der Waals surface area contributed by atoms with Gasteiger partial charge in [-0.15, -0.1) is 0 Å². The lowest BCUT2D eigenvalue weighted by atomic mass is 10.5. The minimum Gasteiger partial charge on any atom is -0.481 e. The molecule has 1 heterocycles. The molecule has 1 aromatic heterocycles. The molecule has 0 fully saturated rings. The number of aromatic nitrogens is 2. The highest BCUT2D eigenvalue weighted by Gasteiger charge is 2.18. The molecule has 8 heteroatoms. The van der Waals surface area contributed by atoms with Crippen molar-refractivity contribution in [1.82, 2.24) is 9.97 Å². The molecule has 82 valence electrons. The van der Waals surface area contributed by atoms with Crippen molar-refractivity contribution in [3.05, 3.63) is 18.5 Å². The molecule has 0 unspecified atom stereocenters. The highest BCUT2D eigenvalue weighted by atomic mass is 32.2. The number of hydrogen-bond donors (Lipinski definition) is 1. The summed E-state index contributed by atoms with van der Waals surface area (Å²) in [5.74, 6) is -1.14. The summed E-state index contributed by atoms with van der Waals surface area (Å²) in [6, 6.07) is 1.45. The third-order valence-corrected chi connectivity index (χ3v) is 2.46. The number of carboxylic acid groups (broad SMARTS) is 1. The summed E-state index contributed by atoms with van der Waals surface area (Å²) in [4.78, 5) is 17.1. The Labute approximate surface area is 85.9 Å². The molecule has 0 bridgehead atoms. The monoisotopic (exact) mass is 232 g/mol. The summed E-state index contributed by atoms with van der Waals surface area (Å²) in [6.07, 6.45) is 2.10. The molecule has 1 rings (SSSR count). The van der Waals surface area contributed by atoms with E-state index >= 15 is 0 Å². The molecule has 0 saturated heterocycles. The van der Waals surface area contributed by atoms with E-state index in [-0.39, 0.29) is 0 Å². The smallest absolute Gasteiger partial charge is 0.333 e. The fraction of sp³-hybridized carbons (Fsp3) is 0.286. The molecule has 0 aliphatic heterocycles. The van der Waals surface area contributed by atoms with Crippen LogP contribution in [0.3, 0.4) is 0 Å². The summed E-state index contributed by atoms with van der Waals surface area (Å²) in [7, 11) is -4.04. The first-order valence-electron chi connectivity index (χ1n) is 3.90. The molecular formula is C7H8N2O5S. The van der Waals surface area contributed by atoms with Gasteiger partial charge >= 0.3 is 16.1 Å². The predicted molar refractivity (Wildman–Crippen MR) is 47.4 cm³/mol. The lowest BCUT2D eigenvalue weighted by molar-refractivity contribution is -0.137. The molecule has 15 heavy (non-hydrogen) atoms. The molecule has 0 amide bonds. The van der Waals surface area contributed by atoms with Gasteiger partial charge in [-0.3, -0.25) is 8.98 Å².